The summed E-state index contributed by atoms with van der Waals surface area (Å²) in [6.45, 7) is 6.24. The van der Waals surface area contributed by atoms with Crippen LogP contribution in [0.2, 0.25) is 0 Å². The molecule has 2 heterocycles. The van der Waals surface area contributed by atoms with E-state index in [1.807, 2.05) is 31.2 Å². The van der Waals surface area contributed by atoms with Gasteiger partial charge in [0.15, 0.2) is 0 Å². The molecular formula is C13H16O2. The van der Waals surface area contributed by atoms with Crippen LogP contribution in [0.1, 0.15) is 37.5 Å². The first-order valence-electron chi connectivity index (χ1n) is 5.27. The highest BCUT2D eigenvalue weighted by Crippen LogP contribution is 2.36. The summed E-state index contributed by atoms with van der Waals surface area (Å²) in [5.74, 6) is 2.87. The molecule has 0 aliphatic heterocycles. The molecule has 1 atom stereocenters. The summed E-state index contributed by atoms with van der Waals surface area (Å²) in [7, 11) is 0. The molecule has 2 aromatic rings. The molecule has 0 amide bonds. The van der Waals surface area contributed by atoms with Gasteiger partial charge in [-0.2, -0.15) is 0 Å². The van der Waals surface area contributed by atoms with E-state index in [-0.39, 0.29) is 5.41 Å². The van der Waals surface area contributed by atoms with Gasteiger partial charge in [0, 0.05) is 0 Å². The molecule has 2 rings (SSSR count). The van der Waals surface area contributed by atoms with E-state index >= 15 is 0 Å². The molecule has 0 aromatic carbocycles. The van der Waals surface area contributed by atoms with Crippen LogP contribution in [0.25, 0.3) is 0 Å². The Hall–Kier alpha value is -1.44. The van der Waals surface area contributed by atoms with Gasteiger partial charge in [-0.15, -0.1) is 0 Å². The number of hydrogen-bond acceptors (Lipinski definition) is 2. The molecule has 0 saturated carbocycles. The van der Waals surface area contributed by atoms with Crippen molar-refractivity contribution in [1.82, 2.24) is 0 Å². The molecule has 0 spiro atoms. The molecule has 15 heavy (non-hydrogen) atoms. The lowest BCUT2D eigenvalue weighted by Crippen LogP contribution is -2.20. The Balaban J connectivity index is 2.46. The van der Waals surface area contributed by atoms with Crippen LogP contribution < -0.4 is 0 Å². The summed E-state index contributed by atoms with van der Waals surface area (Å²) < 4.78 is 11.2. The van der Waals surface area contributed by atoms with E-state index in [9.17, 15) is 0 Å². The Morgan fingerprint density at radius 3 is 2.47 bits per heavy atom. The lowest BCUT2D eigenvalue weighted by Gasteiger charge is -2.23. The van der Waals surface area contributed by atoms with Crippen molar-refractivity contribution in [3.63, 3.8) is 0 Å². The molecule has 2 aromatic heterocycles. The summed E-state index contributed by atoms with van der Waals surface area (Å²) in [4.78, 5) is 0. The molecule has 0 aliphatic rings. The van der Waals surface area contributed by atoms with Crippen molar-refractivity contribution in [2.24, 2.45) is 0 Å². The van der Waals surface area contributed by atoms with Crippen LogP contribution in [-0.2, 0) is 5.41 Å². The Bertz CT molecular complexity index is 425. The Labute approximate surface area is 89.9 Å². The molecule has 2 nitrogen and oxygen atoms in total. The SMILES string of the molecule is CCC(C)(c1ccco1)c1ccc(C)o1. The highest BCUT2D eigenvalue weighted by Gasteiger charge is 2.32. The first kappa shape index (κ1) is 10.1. The fourth-order valence-corrected chi connectivity index (χ4v) is 1.79. The third-order valence-corrected chi connectivity index (χ3v) is 3.06. The zero-order valence-electron chi connectivity index (χ0n) is 9.41. The Kier molecular flexibility index (Phi) is 2.43. The van der Waals surface area contributed by atoms with Crippen LogP contribution in [0.4, 0.5) is 0 Å². The number of aryl methyl sites for hydroxylation is 1. The minimum Gasteiger partial charge on any atom is -0.468 e. The van der Waals surface area contributed by atoms with Gasteiger partial charge < -0.3 is 8.83 Å². The summed E-state index contributed by atoms with van der Waals surface area (Å²) >= 11 is 0. The van der Waals surface area contributed by atoms with E-state index in [4.69, 9.17) is 8.83 Å². The molecule has 0 fully saturated rings. The predicted molar refractivity (Wildman–Crippen MR) is 58.9 cm³/mol. The molecule has 2 heteroatoms. The van der Waals surface area contributed by atoms with Crippen LogP contribution >= 0.6 is 0 Å². The van der Waals surface area contributed by atoms with Crippen molar-refractivity contribution in [3.8, 4) is 0 Å². The lowest BCUT2D eigenvalue weighted by atomic mass is 9.82. The standard InChI is InChI=1S/C13H16O2/c1-4-13(3,11-6-5-9-14-11)12-8-7-10(2)15-12/h5-9H,4H2,1-3H3. The quantitative estimate of drug-likeness (QED) is 0.758. The summed E-state index contributed by atoms with van der Waals surface area (Å²) in [5.41, 5.74) is -0.155. The van der Waals surface area contributed by atoms with E-state index in [0.717, 1.165) is 23.7 Å². The van der Waals surface area contributed by atoms with Crippen LogP contribution in [-0.4, -0.2) is 0 Å². The van der Waals surface area contributed by atoms with Crippen molar-refractivity contribution in [2.75, 3.05) is 0 Å². The molecule has 0 saturated heterocycles. The van der Waals surface area contributed by atoms with Crippen molar-refractivity contribution >= 4 is 0 Å². The predicted octanol–water partition coefficient (Wildman–Crippen LogP) is 3.90. The molecule has 1 unspecified atom stereocenters. The van der Waals surface area contributed by atoms with E-state index < -0.39 is 0 Å². The molecule has 0 N–H and O–H groups in total. The largest absolute Gasteiger partial charge is 0.468 e. The summed E-state index contributed by atoms with van der Waals surface area (Å²) in [6.07, 6.45) is 2.66. The monoisotopic (exact) mass is 204 g/mol. The third-order valence-electron chi connectivity index (χ3n) is 3.06. The van der Waals surface area contributed by atoms with E-state index in [1.54, 1.807) is 6.26 Å². The van der Waals surface area contributed by atoms with E-state index in [1.165, 1.54) is 0 Å². The second-order valence-electron chi connectivity index (χ2n) is 4.07. The van der Waals surface area contributed by atoms with Gasteiger partial charge in [0.2, 0.25) is 0 Å². The lowest BCUT2D eigenvalue weighted by molar-refractivity contribution is 0.330. The van der Waals surface area contributed by atoms with Gasteiger partial charge in [0.1, 0.15) is 17.3 Å². The maximum Gasteiger partial charge on any atom is 0.117 e. The van der Waals surface area contributed by atoms with Gasteiger partial charge in [-0.1, -0.05) is 6.92 Å². The van der Waals surface area contributed by atoms with Gasteiger partial charge >= 0.3 is 0 Å². The smallest absolute Gasteiger partial charge is 0.117 e. The van der Waals surface area contributed by atoms with Crippen molar-refractivity contribution in [1.29, 1.82) is 0 Å². The summed E-state index contributed by atoms with van der Waals surface area (Å²) in [5, 5.41) is 0. The fourth-order valence-electron chi connectivity index (χ4n) is 1.79. The second-order valence-corrected chi connectivity index (χ2v) is 4.07. The third kappa shape index (κ3) is 1.60. The first-order chi connectivity index (χ1) is 7.16. The van der Waals surface area contributed by atoms with Gasteiger partial charge in [0.05, 0.1) is 11.7 Å². The molecule has 0 radical (unpaired) electrons. The van der Waals surface area contributed by atoms with Crippen molar-refractivity contribution in [3.05, 3.63) is 47.8 Å². The van der Waals surface area contributed by atoms with Gasteiger partial charge in [-0.3, -0.25) is 0 Å². The minimum atomic E-state index is -0.155. The average Bonchev–Trinajstić information content (AvgIpc) is 2.87. The Morgan fingerprint density at radius 1 is 1.20 bits per heavy atom. The number of hydrogen-bond donors (Lipinski definition) is 0. The topological polar surface area (TPSA) is 26.3 Å². The van der Waals surface area contributed by atoms with Gasteiger partial charge in [0.25, 0.3) is 0 Å². The zero-order valence-corrected chi connectivity index (χ0v) is 9.41. The average molecular weight is 204 g/mol. The first-order valence-corrected chi connectivity index (χ1v) is 5.27. The second kappa shape index (κ2) is 3.61. The van der Waals surface area contributed by atoms with Crippen LogP contribution in [0.15, 0.2) is 39.4 Å². The molecule has 0 aliphatic carbocycles. The highest BCUT2D eigenvalue weighted by molar-refractivity contribution is 5.27. The number of furan rings is 2. The van der Waals surface area contributed by atoms with Crippen LogP contribution in [0.3, 0.4) is 0 Å². The normalized spacial score (nSPS) is 15.1. The maximum absolute atomic E-state index is 5.70. The van der Waals surface area contributed by atoms with Crippen molar-refractivity contribution < 1.29 is 8.83 Å². The zero-order chi connectivity index (χ0) is 10.9. The van der Waals surface area contributed by atoms with Crippen molar-refractivity contribution in [2.45, 2.75) is 32.6 Å². The van der Waals surface area contributed by atoms with Gasteiger partial charge in [-0.25, -0.2) is 0 Å². The fraction of sp³-hybridized carbons (Fsp3) is 0.385. The van der Waals surface area contributed by atoms with E-state index in [0.29, 0.717) is 0 Å². The van der Waals surface area contributed by atoms with Crippen LogP contribution in [0.5, 0.6) is 0 Å². The van der Waals surface area contributed by atoms with Crippen LogP contribution in [0, 0.1) is 6.92 Å². The Morgan fingerprint density at radius 2 is 2.00 bits per heavy atom. The molecule has 80 valence electrons. The number of rotatable bonds is 3. The van der Waals surface area contributed by atoms with Gasteiger partial charge in [-0.05, 0) is 44.5 Å². The minimum absolute atomic E-state index is 0.155. The van der Waals surface area contributed by atoms with E-state index in [2.05, 4.69) is 13.8 Å². The molecule has 0 bridgehead atoms. The highest BCUT2D eigenvalue weighted by atomic mass is 16.4. The molecular weight excluding hydrogens is 188 g/mol. The maximum atomic E-state index is 5.70. The summed E-state index contributed by atoms with van der Waals surface area (Å²) in [6, 6.07) is 7.94.